The summed E-state index contributed by atoms with van der Waals surface area (Å²) in [7, 11) is 3.32. The smallest absolute Gasteiger partial charge is 0.274 e. The summed E-state index contributed by atoms with van der Waals surface area (Å²) in [5.74, 6) is 0.888. The summed E-state index contributed by atoms with van der Waals surface area (Å²) in [4.78, 5) is 30.0. The van der Waals surface area contributed by atoms with Crippen molar-refractivity contribution < 1.29 is 19.1 Å². The number of fused-ring (bicyclic) bond motifs is 3. The average Bonchev–Trinajstić information content (AvgIpc) is 3.31. The zero-order valence-electron chi connectivity index (χ0n) is 22.6. The van der Waals surface area contributed by atoms with Gasteiger partial charge in [0, 0.05) is 45.4 Å². The van der Waals surface area contributed by atoms with Crippen LogP contribution in [0, 0.1) is 0 Å². The van der Waals surface area contributed by atoms with E-state index in [0.717, 1.165) is 11.1 Å². The van der Waals surface area contributed by atoms with Gasteiger partial charge in [0.05, 0.1) is 24.2 Å². The van der Waals surface area contributed by atoms with Crippen LogP contribution in [-0.4, -0.2) is 46.4 Å². The van der Waals surface area contributed by atoms with Crippen LogP contribution in [0.15, 0.2) is 59.6 Å². The normalized spacial score (nSPS) is 12.1. The Hall–Kier alpha value is -4.10. The number of aliphatic imine (C=N–C) groups is 1. The van der Waals surface area contributed by atoms with Gasteiger partial charge in [0.15, 0.2) is 5.69 Å². The molecule has 0 aliphatic carbocycles. The fraction of sp³-hybridized carbons (Fsp3) is 0.233. The molecule has 1 aromatic heterocycles. The Labute approximate surface area is 241 Å². The topological polar surface area (TPSA) is 86.0 Å². The van der Waals surface area contributed by atoms with Crippen molar-refractivity contribution in [1.82, 2.24) is 14.7 Å². The fourth-order valence-corrected chi connectivity index (χ4v) is 5.07. The number of ether oxygens (including phenoxy) is 2. The van der Waals surface area contributed by atoms with Crippen molar-refractivity contribution in [3.63, 3.8) is 0 Å². The van der Waals surface area contributed by atoms with Gasteiger partial charge in [-0.1, -0.05) is 35.3 Å². The molecule has 40 heavy (non-hydrogen) atoms. The molecular weight excluding hydrogens is 551 g/mol. The van der Waals surface area contributed by atoms with Crippen molar-refractivity contribution in [2.24, 2.45) is 4.99 Å². The molecule has 204 valence electrons. The third-order valence-electron chi connectivity index (χ3n) is 6.85. The second kappa shape index (κ2) is 10.5. The quantitative estimate of drug-likeness (QED) is 0.184. The highest BCUT2D eigenvalue weighted by Crippen LogP contribution is 2.46. The maximum absolute atomic E-state index is 13.7. The molecule has 0 saturated carbocycles. The van der Waals surface area contributed by atoms with Gasteiger partial charge in [-0.05, 0) is 62.7 Å². The molecule has 0 N–H and O–H groups in total. The SMILES string of the molecule is COc1cc2c(cc1-c1cccc(N=C=O)c1)-c1c(c(C(=O)N(C)C(C)(C)C)nn1-c1cc(Cl)cc(Cl)c1)CO2. The number of nitrogens with zero attached hydrogens (tertiary/aromatic N) is 4. The highest BCUT2D eigenvalue weighted by molar-refractivity contribution is 6.34. The molecule has 4 aromatic rings. The number of isocyanates is 1. The van der Waals surface area contributed by atoms with Crippen molar-refractivity contribution in [2.75, 3.05) is 14.2 Å². The van der Waals surface area contributed by atoms with E-state index in [1.165, 1.54) is 0 Å². The Morgan fingerprint density at radius 2 is 1.82 bits per heavy atom. The Kier molecular flexibility index (Phi) is 7.19. The Balaban J connectivity index is 1.79. The summed E-state index contributed by atoms with van der Waals surface area (Å²) in [6.07, 6.45) is 1.58. The first-order valence-electron chi connectivity index (χ1n) is 12.4. The van der Waals surface area contributed by atoms with Crippen LogP contribution >= 0.6 is 23.2 Å². The van der Waals surface area contributed by atoms with Crippen molar-refractivity contribution in [3.05, 3.63) is 75.9 Å². The van der Waals surface area contributed by atoms with Crippen LogP contribution in [0.25, 0.3) is 28.1 Å². The monoisotopic (exact) mass is 576 g/mol. The number of halogens is 2. The van der Waals surface area contributed by atoms with Gasteiger partial charge in [-0.3, -0.25) is 4.79 Å². The molecular formula is C30H26Cl2N4O4. The molecule has 0 bridgehead atoms. The molecule has 5 rings (SSSR count). The van der Waals surface area contributed by atoms with E-state index >= 15 is 0 Å². The number of methoxy groups -OCH3 is 1. The number of aromatic nitrogens is 2. The van der Waals surface area contributed by atoms with Crippen LogP contribution in [0.2, 0.25) is 10.0 Å². The van der Waals surface area contributed by atoms with Gasteiger partial charge in [0.25, 0.3) is 5.91 Å². The molecule has 0 unspecified atom stereocenters. The van der Waals surface area contributed by atoms with E-state index in [2.05, 4.69) is 4.99 Å². The van der Waals surface area contributed by atoms with E-state index in [1.807, 2.05) is 32.9 Å². The Morgan fingerprint density at radius 1 is 1.10 bits per heavy atom. The first kappa shape index (κ1) is 27.5. The summed E-state index contributed by atoms with van der Waals surface area (Å²) in [5, 5.41) is 5.66. The minimum atomic E-state index is -0.434. The van der Waals surface area contributed by atoms with Crippen LogP contribution in [0.1, 0.15) is 36.8 Å². The largest absolute Gasteiger partial charge is 0.496 e. The van der Waals surface area contributed by atoms with Crippen molar-refractivity contribution in [1.29, 1.82) is 0 Å². The van der Waals surface area contributed by atoms with Crippen LogP contribution in [-0.2, 0) is 11.4 Å². The maximum atomic E-state index is 13.7. The number of rotatable bonds is 5. The highest BCUT2D eigenvalue weighted by Gasteiger charge is 2.34. The molecule has 0 atom stereocenters. The lowest BCUT2D eigenvalue weighted by atomic mass is 9.95. The lowest BCUT2D eigenvalue weighted by Gasteiger charge is -2.31. The number of hydrogen-bond donors (Lipinski definition) is 0. The predicted molar refractivity (Wildman–Crippen MR) is 155 cm³/mol. The van der Waals surface area contributed by atoms with Gasteiger partial charge < -0.3 is 14.4 Å². The summed E-state index contributed by atoms with van der Waals surface area (Å²) < 4.78 is 13.6. The second-order valence-electron chi connectivity index (χ2n) is 10.3. The summed E-state index contributed by atoms with van der Waals surface area (Å²) >= 11 is 12.7. The Bertz CT molecular complexity index is 1680. The molecule has 1 aliphatic rings. The summed E-state index contributed by atoms with van der Waals surface area (Å²) in [6.45, 7) is 6.00. The van der Waals surface area contributed by atoms with Crippen molar-refractivity contribution in [3.8, 4) is 39.6 Å². The van der Waals surface area contributed by atoms with E-state index in [9.17, 15) is 9.59 Å². The lowest BCUT2D eigenvalue weighted by Crippen LogP contribution is -2.43. The first-order valence-corrected chi connectivity index (χ1v) is 13.2. The average molecular weight is 577 g/mol. The van der Waals surface area contributed by atoms with Gasteiger partial charge in [-0.15, -0.1) is 0 Å². The minimum Gasteiger partial charge on any atom is -0.496 e. The van der Waals surface area contributed by atoms with Crippen LogP contribution in [0.3, 0.4) is 0 Å². The van der Waals surface area contributed by atoms with Gasteiger partial charge in [0.1, 0.15) is 18.1 Å². The summed E-state index contributed by atoms with van der Waals surface area (Å²) in [6, 6.07) is 16.0. The zero-order chi connectivity index (χ0) is 28.8. The third-order valence-corrected chi connectivity index (χ3v) is 7.29. The van der Waals surface area contributed by atoms with Gasteiger partial charge in [0.2, 0.25) is 6.08 Å². The number of carbonyl (C=O) groups is 1. The van der Waals surface area contributed by atoms with Crippen molar-refractivity contribution >= 4 is 40.9 Å². The molecule has 3 aromatic carbocycles. The molecule has 0 spiro atoms. The standard InChI is InChI=1S/C30H26Cl2N4O4/c1-30(2,3)35(4)29(38)27-24-15-40-26-14-25(39-5)22(17-7-6-8-20(9-17)33-16-37)13-23(26)28(24)36(34-27)21-11-18(31)10-19(32)12-21/h6-14H,15H2,1-5H3. The van der Waals surface area contributed by atoms with E-state index in [4.69, 9.17) is 37.8 Å². The van der Waals surface area contributed by atoms with Crippen LogP contribution < -0.4 is 9.47 Å². The van der Waals surface area contributed by atoms with E-state index in [0.29, 0.717) is 49.7 Å². The number of hydrogen-bond acceptors (Lipinski definition) is 6. The van der Waals surface area contributed by atoms with Gasteiger partial charge in [-0.25, -0.2) is 9.48 Å². The second-order valence-corrected chi connectivity index (χ2v) is 11.2. The van der Waals surface area contributed by atoms with Crippen LogP contribution in [0.5, 0.6) is 11.5 Å². The van der Waals surface area contributed by atoms with Crippen LogP contribution in [0.4, 0.5) is 5.69 Å². The highest BCUT2D eigenvalue weighted by atomic mass is 35.5. The van der Waals surface area contributed by atoms with E-state index in [1.54, 1.807) is 72.3 Å². The number of benzene rings is 3. The molecule has 0 saturated heterocycles. The molecule has 10 heteroatoms. The predicted octanol–water partition coefficient (Wildman–Crippen LogP) is 7.25. The minimum absolute atomic E-state index is 0.127. The zero-order valence-corrected chi connectivity index (χ0v) is 24.1. The Morgan fingerprint density at radius 3 is 2.48 bits per heavy atom. The third kappa shape index (κ3) is 4.97. The van der Waals surface area contributed by atoms with E-state index in [-0.39, 0.29) is 18.2 Å². The van der Waals surface area contributed by atoms with Gasteiger partial charge in [-0.2, -0.15) is 10.1 Å². The molecule has 0 fully saturated rings. The fourth-order valence-electron chi connectivity index (χ4n) is 4.55. The lowest BCUT2D eigenvalue weighted by molar-refractivity contribution is 0.0646. The molecule has 1 amide bonds. The van der Waals surface area contributed by atoms with Gasteiger partial charge >= 0.3 is 0 Å². The van der Waals surface area contributed by atoms with Crippen molar-refractivity contribution in [2.45, 2.75) is 32.9 Å². The number of carbonyl (C=O) groups excluding carboxylic acids is 2. The maximum Gasteiger partial charge on any atom is 0.274 e. The molecule has 0 radical (unpaired) electrons. The molecule has 1 aliphatic heterocycles. The number of amides is 1. The molecule has 2 heterocycles. The summed E-state index contributed by atoms with van der Waals surface area (Å²) in [5.41, 5.74) is 4.41. The first-order chi connectivity index (χ1) is 19.0. The van der Waals surface area contributed by atoms with E-state index < -0.39 is 5.54 Å². The molecule has 8 nitrogen and oxygen atoms in total.